The van der Waals surface area contributed by atoms with Gasteiger partial charge in [-0.25, -0.2) is 4.98 Å². The molecule has 1 heterocycles. The molecule has 84 valence electrons. The molecule has 0 saturated carbocycles. The highest BCUT2D eigenvalue weighted by Crippen LogP contribution is 2.12. The van der Waals surface area contributed by atoms with Gasteiger partial charge in [-0.3, -0.25) is 4.79 Å². The van der Waals surface area contributed by atoms with Crippen molar-refractivity contribution in [2.24, 2.45) is 0 Å². The van der Waals surface area contributed by atoms with Gasteiger partial charge in [0.05, 0.1) is 11.2 Å². The maximum absolute atomic E-state index is 11.7. The standard InChI is InChI=1S/C10H15BrN2OS/c1-6(11)4-7(2)13-10(14)9-5-12-8(3)15-9/h5-7H,4H2,1-3H3,(H,13,14). The summed E-state index contributed by atoms with van der Waals surface area (Å²) < 4.78 is 0. The second kappa shape index (κ2) is 5.61. The minimum Gasteiger partial charge on any atom is -0.349 e. The summed E-state index contributed by atoms with van der Waals surface area (Å²) in [7, 11) is 0. The van der Waals surface area contributed by atoms with Crippen LogP contribution in [-0.4, -0.2) is 21.8 Å². The van der Waals surface area contributed by atoms with Gasteiger partial charge in [-0.05, 0) is 20.3 Å². The zero-order valence-electron chi connectivity index (χ0n) is 9.08. The Morgan fingerprint density at radius 2 is 2.33 bits per heavy atom. The molecule has 2 unspecified atom stereocenters. The fourth-order valence-electron chi connectivity index (χ4n) is 1.31. The number of hydrogen-bond acceptors (Lipinski definition) is 3. The molecule has 1 N–H and O–H groups in total. The topological polar surface area (TPSA) is 42.0 Å². The Balaban J connectivity index is 2.49. The average Bonchev–Trinajstić information content (AvgIpc) is 2.49. The number of hydrogen-bond donors (Lipinski definition) is 1. The normalized spacial score (nSPS) is 14.7. The van der Waals surface area contributed by atoms with Crippen LogP contribution in [0.2, 0.25) is 0 Å². The Labute approximate surface area is 102 Å². The van der Waals surface area contributed by atoms with Crippen molar-refractivity contribution >= 4 is 33.2 Å². The van der Waals surface area contributed by atoms with E-state index in [1.54, 1.807) is 6.20 Å². The summed E-state index contributed by atoms with van der Waals surface area (Å²) >= 11 is 4.89. The Morgan fingerprint density at radius 3 is 2.80 bits per heavy atom. The number of carbonyl (C=O) groups excluding carboxylic acids is 1. The van der Waals surface area contributed by atoms with E-state index < -0.39 is 0 Å². The van der Waals surface area contributed by atoms with Crippen LogP contribution < -0.4 is 5.32 Å². The van der Waals surface area contributed by atoms with E-state index in [1.807, 2.05) is 13.8 Å². The number of rotatable bonds is 4. The minimum absolute atomic E-state index is 0.0266. The van der Waals surface area contributed by atoms with Gasteiger partial charge in [0, 0.05) is 10.9 Å². The van der Waals surface area contributed by atoms with E-state index in [0.717, 1.165) is 11.4 Å². The molecule has 0 aliphatic rings. The summed E-state index contributed by atoms with van der Waals surface area (Å²) in [6.07, 6.45) is 2.54. The van der Waals surface area contributed by atoms with Crippen LogP contribution in [0.4, 0.5) is 0 Å². The third kappa shape index (κ3) is 4.30. The molecule has 5 heteroatoms. The SMILES string of the molecule is Cc1ncc(C(=O)NC(C)CC(C)Br)s1. The third-order valence-electron chi connectivity index (χ3n) is 1.90. The molecule has 1 aromatic heterocycles. The first kappa shape index (κ1) is 12.6. The monoisotopic (exact) mass is 290 g/mol. The van der Waals surface area contributed by atoms with Gasteiger partial charge in [-0.2, -0.15) is 0 Å². The van der Waals surface area contributed by atoms with Crippen LogP contribution in [0.3, 0.4) is 0 Å². The molecule has 3 nitrogen and oxygen atoms in total. The molecule has 0 aliphatic heterocycles. The number of aryl methyl sites for hydroxylation is 1. The first-order valence-corrected chi connectivity index (χ1v) is 6.59. The zero-order chi connectivity index (χ0) is 11.4. The molecule has 1 rings (SSSR count). The molecule has 0 saturated heterocycles. The molecular formula is C10H15BrN2OS. The number of carbonyl (C=O) groups is 1. The average molecular weight is 291 g/mol. The molecular weight excluding hydrogens is 276 g/mol. The van der Waals surface area contributed by atoms with Gasteiger partial charge in [-0.15, -0.1) is 11.3 Å². The Bertz CT molecular complexity index is 338. The number of nitrogens with zero attached hydrogens (tertiary/aromatic N) is 1. The van der Waals surface area contributed by atoms with Crippen molar-refractivity contribution in [1.29, 1.82) is 0 Å². The Morgan fingerprint density at radius 1 is 1.67 bits per heavy atom. The first-order valence-electron chi connectivity index (χ1n) is 4.86. The number of aromatic nitrogens is 1. The number of halogens is 1. The number of alkyl halides is 1. The van der Waals surface area contributed by atoms with Gasteiger partial charge in [-0.1, -0.05) is 22.9 Å². The highest BCUT2D eigenvalue weighted by atomic mass is 79.9. The summed E-state index contributed by atoms with van der Waals surface area (Å²) in [5, 5.41) is 3.86. The van der Waals surface area contributed by atoms with Crippen molar-refractivity contribution in [2.45, 2.75) is 38.1 Å². The van der Waals surface area contributed by atoms with Gasteiger partial charge in [0.1, 0.15) is 4.88 Å². The van der Waals surface area contributed by atoms with Crippen LogP contribution in [0.1, 0.15) is 34.9 Å². The van der Waals surface area contributed by atoms with Gasteiger partial charge in [0.2, 0.25) is 0 Å². The van der Waals surface area contributed by atoms with Gasteiger partial charge in [0.15, 0.2) is 0 Å². The van der Waals surface area contributed by atoms with Crippen LogP contribution in [0.25, 0.3) is 0 Å². The second-order valence-corrected chi connectivity index (χ2v) is 6.43. The molecule has 0 aromatic carbocycles. The van der Waals surface area contributed by atoms with Crippen LogP contribution in [-0.2, 0) is 0 Å². The number of amides is 1. The summed E-state index contributed by atoms with van der Waals surface area (Å²) in [5.74, 6) is -0.0266. The molecule has 2 atom stereocenters. The van der Waals surface area contributed by atoms with Crippen molar-refractivity contribution < 1.29 is 4.79 Å². The predicted molar refractivity (Wildman–Crippen MR) is 66.8 cm³/mol. The maximum Gasteiger partial charge on any atom is 0.263 e. The van der Waals surface area contributed by atoms with Crippen molar-refractivity contribution in [1.82, 2.24) is 10.3 Å². The van der Waals surface area contributed by atoms with E-state index in [2.05, 4.69) is 33.2 Å². The van der Waals surface area contributed by atoms with Gasteiger partial charge < -0.3 is 5.32 Å². The molecule has 0 spiro atoms. The van der Waals surface area contributed by atoms with Crippen molar-refractivity contribution in [3.63, 3.8) is 0 Å². The smallest absolute Gasteiger partial charge is 0.263 e. The van der Waals surface area contributed by atoms with E-state index in [0.29, 0.717) is 9.70 Å². The zero-order valence-corrected chi connectivity index (χ0v) is 11.5. The maximum atomic E-state index is 11.7. The fraction of sp³-hybridized carbons (Fsp3) is 0.600. The molecule has 0 radical (unpaired) electrons. The summed E-state index contributed by atoms with van der Waals surface area (Å²) in [5.41, 5.74) is 0. The highest BCUT2D eigenvalue weighted by Gasteiger charge is 2.13. The van der Waals surface area contributed by atoms with E-state index in [4.69, 9.17) is 0 Å². The molecule has 1 aromatic rings. The fourth-order valence-corrected chi connectivity index (χ4v) is 2.55. The second-order valence-electron chi connectivity index (χ2n) is 3.63. The number of thiazole rings is 1. The lowest BCUT2D eigenvalue weighted by molar-refractivity contribution is 0.0942. The van der Waals surface area contributed by atoms with Crippen molar-refractivity contribution in [2.75, 3.05) is 0 Å². The number of nitrogens with one attached hydrogen (secondary N) is 1. The van der Waals surface area contributed by atoms with Crippen LogP contribution in [0, 0.1) is 6.92 Å². The van der Waals surface area contributed by atoms with E-state index in [-0.39, 0.29) is 11.9 Å². The first-order chi connectivity index (χ1) is 6.99. The molecule has 0 aliphatic carbocycles. The van der Waals surface area contributed by atoms with E-state index in [1.165, 1.54) is 11.3 Å². The summed E-state index contributed by atoms with van der Waals surface area (Å²) in [6.45, 7) is 5.97. The predicted octanol–water partition coefficient (Wildman–Crippen LogP) is 2.74. The highest BCUT2D eigenvalue weighted by molar-refractivity contribution is 9.09. The van der Waals surface area contributed by atoms with Gasteiger partial charge in [0.25, 0.3) is 5.91 Å². The molecule has 0 bridgehead atoms. The molecule has 15 heavy (non-hydrogen) atoms. The summed E-state index contributed by atoms with van der Waals surface area (Å²) in [4.78, 5) is 16.8. The summed E-state index contributed by atoms with van der Waals surface area (Å²) in [6, 6.07) is 0.175. The Hall–Kier alpha value is -0.420. The van der Waals surface area contributed by atoms with Crippen LogP contribution >= 0.6 is 27.3 Å². The lowest BCUT2D eigenvalue weighted by Crippen LogP contribution is -2.33. The van der Waals surface area contributed by atoms with Gasteiger partial charge >= 0.3 is 0 Å². The molecule has 1 amide bonds. The third-order valence-corrected chi connectivity index (χ3v) is 3.19. The quantitative estimate of drug-likeness (QED) is 0.867. The van der Waals surface area contributed by atoms with Crippen LogP contribution in [0.15, 0.2) is 6.20 Å². The minimum atomic E-state index is -0.0266. The van der Waals surface area contributed by atoms with Crippen molar-refractivity contribution in [3.05, 3.63) is 16.1 Å². The van der Waals surface area contributed by atoms with Crippen LogP contribution in [0.5, 0.6) is 0 Å². The lowest BCUT2D eigenvalue weighted by atomic mass is 10.2. The van der Waals surface area contributed by atoms with Crippen molar-refractivity contribution in [3.8, 4) is 0 Å². The lowest BCUT2D eigenvalue weighted by Gasteiger charge is -2.14. The molecule has 0 fully saturated rings. The van der Waals surface area contributed by atoms with E-state index >= 15 is 0 Å². The largest absolute Gasteiger partial charge is 0.349 e. The Kier molecular flexibility index (Phi) is 4.73. The van der Waals surface area contributed by atoms with E-state index in [9.17, 15) is 4.79 Å².